The van der Waals surface area contributed by atoms with Gasteiger partial charge in [-0.1, -0.05) is 26.0 Å². The first-order valence-corrected chi connectivity index (χ1v) is 8.90. The van der Waals surface area contributed by atoms with Gasteiger partial charge in [0.15, 0.2) is 4.96 Å². The first kappa shape index (κ1) is 18.1. The lowest BCUT2D eigenvalue weighted by molar-refractivity contribution is -0.144. The van der Waals surface area contributed by atoms with Gasteiger partial charge in [-0.3, -0.25) is 9.20 Å². The molecule has 0 spiro atoms. The van der Waals surface area contributed by atoms with E-state index in [1.54, 1.807) is 34.2 Å². The molecular formula is C18H18FN3O3S. The monoisotopic (exact) mass is 375 g/mol. The fraction of sp³-hybridized carbons (Fsp3) is 0.278. The van der Waals surface area contributed by atoms with Crippen LogP contribution in [0.25, 0.3) is 16.2 Å². The molecule has 0 unspecified atom stereocenters. The number of hydrogen-bond donors (Lipinski definition) is 1. The zero-order chi connectivity index (χ0) is 18.8. The Kier molecular flexibility index (Phi) is 5.03. The van der Waals surface area contributed by atoms with E-state index in [9.17, 15) is 14.0 Å². The Morgan fingerprint density at radius 2 is 2.04 bits per heavy atom. The molecule has 0 aliphatic rings. The predicted octanol–water partition coefficient (Wildman–Crippen LogP) is 3.13. The SMILES string of the molecule is COC(=O)[C@@H](NC(=O)c1csc2nc(-c3ccccc3F)cn12)C(C)C. The molecule has 0 aliphatic carbocycles. The summed E-state index contributed by atoms with van der Waals surface area (Å²) in [7, 11) is 1.28. The number of carbonyl (C=O) groups excluding carboxylic acids is 2. The molecular weight excluding hydrogens is 357 g/mol. The van der Waals surface area contributed by atoms with E-state index in [0.717, 1.165) is 0 Å². The highest BCUT2D eigenvalue weighted by Crippen LogP contribution is 2.25. The van der Waals surface area contributed by atoms with Crippen LogP contribution in [0.2, 0.25) is 0 Å². The van der Waals surface area contributed by atoms with Crippen LogP contribution in [0.1, 0.15) is 24.3 Å². The highest BCUT2D eigenvalue weighted by molar-refractivity contribution is 7.15. The Balaban J connectivity index is 1.92. The molecule has 0 radical (unpaired) electrons. The maximum Gasteiger partial charge on any atom is 0.328 e. The van der Waals surface area contributed by atoms with Crippen molar-refractivity contribution in [3.63, 3.8) is 0 Å². The molecule has 26 heavy (non-hydrogen) atoms. The summed E-state index contributed by atoms with van der Waals surface area (Å²) in [6.07, 6.45) is 1.61. The number of esters is 1. The van der Waals surface area contributed by atoms with Gasteiger partial charge in [-0.15, -0.1) is 11.3 Å². The number of amides is 1. The minimum absolute atomic E-state index is 0.128. The lowest BCUT2D eigenvalue weighted by Crippen LogP contribution is -2.45. The van der Waals surface area contributed by atoms with E-state index < -0.39 is 17.9 Å². The van der Waals surface area contributed by atoms with E-state index in [-0.39, 0.29) is 11.7 Å². The number of fused-ring (bicyclic) bond motifs is 1. The first-order valence-electron chi connectivity index (χ1n) is 8.02. The summed E-state index contributed by atoms with van der Waals surface area (Å²) in [4.78, 5) is 29.4. The van der Waals surface area contributed by atoms with Gasteiger partial charge in [-0.25, -0.2) is 14.2 Å². The summed E-state index contributed by atoms with van der Waals surface area (Å²) in [5.41, 5.74) is 1.14. The van der Waals surface area contributed by atoms with Crippen molar-refractivity contribution in [1.82, 2.24) is 14.7 Å². The molecule has 1 amide bonds. The number of halogens is 1. The van der Waals surface area contributed by atoms with Crippen molar-refractivity contribution in [2.24, 2.45) is 5.92 Å². The number of benzene rings is 1. The van der Waals surface area contributed by atoms with Crippen molar-refractivity contribution in [2.75, 3.05) is 7.11 Å². The molecule has 3 rings (SSSR count). The van der Waals surface area contributed by atoms with Crippen LogP contribution in [-0.4, -0.2) is 34.4 Å². The number of imidazole rings is 1. The Hall–Kier alpha value is -2.74. The van der Waals surface area contributed by atoms with Crippen LogP contribution >= 0.6 is 11.3 Å². The Bertz CT molecular complexity index is 964. The maximum absolute atomic E-state index is 14.0. The van der Waals surface area contributed by atoms with Crippen molar-refractivity contribution >= 4 is 28.2 Å². The molecule has 2 aromatic heterocycles. The summed E-state index contributed by atoms with van der Waals surface area (Å²) in [6.45, 7) is 3.64. The van der Waals surface area contributed by atoms with E-state index in [2.05, 4.69) is 10.3 Å². The van der Waals surface area contributed by atoms with Crippen LogP contribution in [-0.2, 0) is 9.53 Å². The van der Waals surface area contributed by atoms with E-state index >= 15 is 0 Å². The molecule has 8 heteroatoms. The molecule has 0 fully saturated rings. The Labute approximate surface area is 153 Å². The third kappa shape index (κ3) is 3.32. The van der Waals surface area contributed by atoms with Crippen molar-refractivity contribution in [2.45, 2.75) is 19.9 Å². The van der Waals surface area contributed by atoms with Gasteiger partial charge in [0.2, 0.25) is 0 Å². The maximum atomic E-state index is 14.0. The Morgan fingerprint density at radius 1 is 1.31 bits per heavy atom. The van der Waals surface area contributed by atoms with Gasteiger partial charge in [0.1, 0.15) is 17.6 Å². The molecule has 2 heterocycles. The quantitative estimate of drug-likeness (QED) is 0.696. The number of aromatic nitrogens is 2. The summed E-state index contributed by atoms with van der Waals surface area (Å²) in [5.74, 6) is -1.43. The number of nitrogens with zero attached hydrogens (tertiary/aromatic N) is 2. The molecule has 6 nitrogen and oxygen atoms in total. The number of methoxy groups -OCH3 is 1. The molecule has 1 atom stereocenters. The largest absolute Gasteiger partial charge is 0.467 e. The average molecular weight is 375 g/mol. The van der Waals surface area contributed by atoms with Crippen LogP contribution in [0.3, 0.4) is 0 Å². The van der Waals surface area contributed by atoms with E-state index in [0.29, 0.717) is 21.9 Å². The summed E-state index contributed by atoms with van der Waals surface area (Å²) < 4.78 is 20.3. The minimum atomic E-state index is -0.753. The number of rotatable bonds is 5. The van der Waals surface area contributed by atoms with Gasteiger partial charge < -0.3 is 10.1 Å². The summed E-state index contributed by atoms with van der Waals surface area (Å²) in [5, 5.41) is 4.34. The fourth-order valence-corrected chi connectivity index (χ4v) is 3.44. The predicted molar refractivity (Wildman–Crippen MR) is 96.6 cm³/mol. The topological polar surface area (TPSA) is 72.7 Å². The van der Waals surface area contributed by atoms with Gasteiger partial charge in [0.05, 0.1) is 12.8 Å². The van der Waals surface area contributed by atoms with Gasteiger partial charge in [0.25, 0.3) is 5.91 Å². The zero-order valence-corrected chi connectivity index (χ0v) is 15.3. The normalized spacial score (nSPS) is 12.3. The molecule has 0 bridgehead atoms. The van der Waals surface area contributed by atoms with E-state index in [4.69, 9.17) is 4.74 Å². The van der Waals surface area contributed by atoms with Crippen molar-refractivity contribution < 1.29 is 18.7 Å². The minimum Gasteiger partial charge on any atom is -0.467 e. The van der Waals surface area contributed by atoms with Gasteiger partial charge in [-0.05, 0) is 18.1 Å². The van der Waals surface area contributed by atoms with Crippen LogP contribution in [0.5, 0.6) is 0 Å². The van der Waals surface area contributed by atoms with Crippen molar-refractivity contribution in [1.29, 1.82) is 0 Å². The number of carbonyl (C=O) groups is 2. The average Bonchev–Trinajstić information content (AvgIpc) is 3.19. The molecule has 0 saturated carbocycles. The number of hydrogen-bond acceptors (Lipinski definition) is 5. The zero-order valence-electron chi connectivity index (χ0n) is 14.5. The van der Waals surface area contributed by atoms with Gasteiger partial charge in [0, 0.05) is 17.1 Å². The Morgan fingerprint density at radius 3 is 2.69 bits per heavy atom. The molecule has 0 saturated heterocycles. The molecule has 1 aromatic carbocycles. The van der Waals surface area contributed by atoms with Crippen LogP contribution in [0, 0.1) is 11.7 Å². The van der Waals surface area contributed by atoms with Crippen LogP contribution in [0.15, 0.2) is 35.8 Å². The summed E-state index contributed by atoms with van der Waals surface area (Å²) in [6, 6.07) is 5.57. The molecule has 3 aromatic rings. The van der Waals surface area contributed by atoms with Gasteiger partial charge >= 0.3 is 5.97 Å². The van der Waals surface area contributed by atoms with E-state index in [1.807, 2.05) is 13.8 Å². The number of nitrogens with one attached hydrogen (secondary N) is 1. The lowest BCUT2D eigenvalue weighted by Gasteiger charge is -2.19. The highest BCUT2D eigenvalue weighted by Gasteiger charge is 2.27. The lowest BCUT2D eigenvalue weighted by atomic mass is 10.0. The third-order valence-electron chi connectivity index (χ3n) is 4.00. The van der Waals surface area contributed by atoms with Gasteiger partial charge in [-0.2, -0.15) is 0 Å². The standard InChI is InChI=1S/C18H18FN3O3S/c1-10(2)15(17(24)25-3)21-16(23)14-9-26-18-20-13(8-22(14)18)11-6-4-5-7-12(11)19/h4-10,15H,1-3H3,(H,21,23)/t15-/m0/s1. The van der Waals surface area contributed by atoms with Crippen LogP contribution in [0.4, 0.5) is 4.39 Å². The van der Waals surface area contributed by atoms with Crippen LogP contribution < -0.4 is 5.32 Å². The highest BCUT2D eigenvalue weighted by atomic mass is 32.1. The second-order valence-corrected chi connectivity index (χ2v) is 6.93. The molecule has 136 valence electrons. The first-order chi connectivity index (χ1) is 12.4. The van der Waals surface area contributed by atoms with E-state index in [1.165, 1.54) is 24.5 Å². The second-order valence-electron chi connectivity index (χ2n) is 6.10. The smallest absolute Gasteiger partial charge is 0.328 e. The molecule has 0 aliphatic heterocycles. The van der Waals surface area contributed by atoms with Crippen molar-refractivity contribution in [3.8, 4) is 11.3 Å². The second kappa shape index (κ2) is 7.25. The van der Waals surface area contributed by atoms with Crippen molar-refractivity contribution in [3.05, 3.63) is 47.4 Å². The summed E-state index contributed by atoms with van der Waals surface area (Å²) >= 11 is 1.27. The third-order valence-corrected chi connectivity index (χ3v) is 4.84. The fourth-order valence-electron chi connectivity index (χ4n) is 2.59. The number of thiazole rings is 1. The molecule has 1 N–H and O–H groups in total. The number of ether oxygens (including phenoxy) is 1.